The van der Waals surface area contributed by atoms with Crippen molar-refractivity contribution >= 4 is 46.0 Å². The van der Waals surface area contributed by atoms with E-state index in [0.717, 1.165) is 11.8 Å². The van der Waals surface area contributed by atoms with Gasteiger partial charge in [-0.15, -0.1) is 0 Å². The van der Waals surface area contributed by atoms with Crippen molar-refractivity contribution in [3.05, 3.63) is 94.4 Å². The average Bonchev–Trinajstić information content (AvgIpc) is 3.06. The number of hydrogen-bond acceptors (Lipinski definition) is 5. The molecule has 4 nitrogen and oxygen atoms in total. The summed E-state index contributed by atoms with van der Waals surface area (Å²) in [6.07, 6.45) is 1.64. The van der Waals surface area contributed by atoms with Gasteiger partial charge in [0.2, 0.25) is 0 Å². The Kier molecular flexibility index (Phi) is 6.53. The molecule has 0 atom stereocenters. The zero-order chi connectivity index (χ0) is 22.7. The van der Waals surface area contributed by atoms with E-state index in [1.165, 1.54) is 36.3 Å². The van der Waals surface area contributed by atoms with Crippen LogP contribution in [0.5, 0.6) is 11.5 Å². The van der Waals surface area contributed by atoms with Crippen LogP contribution in [-0.2, 0) is 11.4 Å². The minimum Gasteiger partial charge on any atom is -0.497 e. The Hall–Kier alpha value is -3.23. The molecule has 4 rings (SSSR count). The number of carbonyl (C=O) groups excluding carboxylic acids is 1. The number of methoxy groups -OCH3 is 1. The normalized spacial score (nSPS) is 14.8. The Balaban J connectivity index is 1.64. The molecule has 0 radical (unpaired) electrons. The highest BCUT2D eigenvalue weighted by molar-refractivity contribution is 8.27. The third kappa shape index (κ3) is 4.66. The summed E-state index contributed by atoms with van der Waals surface area (Å²) in [5, 5.41) is 0. The number of amides is 1. The van der Waals surface area contributed by atoms with Crippen LogP contribution in [0.25, 0.3) is 6.08 Å². The highest BCUT2D eigenvalue weighted by Gasteiger charge is 2.33. The minimum atomic E-state index is -0.461. The first-order chi connectivity index (χ1) is 15.5. The van der Waals surface area contributed by atoms with Gasteiger partial charge in [0.05, 0.1) is 17.7 Å². The van der Waals surface area contributed by atoms with Crippen molar-refractivity contribution in [1.29, 1.82) is 0 Å². The first-order valence-corrected chi connectivity index (χ1v) is 10.8. The number of anilines is 1. The number of halogens is 2. The molecule has 0 aromatic heterocycles. The van der Waals surface area contributed by atoms with Gasteiger partial charge in [-0.25, -0.2) is 8.78 Å². The van der Waals surface area contributed by atoms with Crippen LogP contribution in [0, 0.1) is 11.6 Å². The molecule has 3 aromatic rings. The van der Waals surface area contributed by atoms with Gasteiger partial charge >= 0.3 is 0 Å². The monoisotopic (exact) mass is 469 g/mol. The Morgan fingerprint density at radius 3 is 2.62 bits per heavy atom. The SMILES string of the molecule is COc1ccc(OCc2ccccc2F)c(/C=C2\SC(=S)N(c3cccc(F)c3)C2=O)c1. The van der Waals surface area contributed by atoms with Crippen molar-refractivity contribution in [2.45, 2.75) is 6.61 Å². The summed E-state index contributed by atoms with van der Waals surface area (Å²) < 4.78 is 39.0. The zero-order valence-corrected chi connectivity index (χ0v) is 18.5. The van der Waals surface area contributed by atoms with Crippen LogP contribution in [-0.4, -0.2) is 17.3 Å². The Bertz CT molecular complexity index is 1230. The summed E-state index contributed by atoms with van der Waals surface area (Å²) in [5.74, 6) is -0.177. The quantitative estimate of drug-likeness (QED) is 0.329. The average molecular weight is 470 g/mol. The lowest BCUT2D eigenvalue weighted by Crippen LogP contribution is -2.27. The standard InChI is InChI=1S/C24H17F2NO3S2/c1-29-19-9-10-21(30-14-15-5-2-3-8-20(15)26)16(11-19)12-22-23(28)27(24(31)32-22)18-7-4-6-17(25)13-18/h2-13H,14H2,1H3/b22-12-. The number of carbonyl (C=O) groups is 1. The third-order valence-electron chi connectivity index (χ3n) is 4.70. The molecule has 162 valence electrons. The van der Waals surface area contributed by atoms with E-state index in [-0.39, 0.29) is 18.3 Å². The molecule has 1 amide bonds. The van der Waals surface area contributed by atoms with Crippen molar-refractivity contribution < 1.29 is 23.0 Å². The van der Waals surface area contributed by atoms with Gasteiger partial charge in [-0.2, -0.15) is 0 Å². The van der Waals surface area contributed by atoms with E-state index in [9.17, 15) is 13.6 Å². The number of nitrogens with zero attached hydrogens (tertiary/aromatic N) is 1. The van der Waals surface area contributed by atoms with Crippen molar-refractivity contribution in [3.8, 4) is 11.5 Å². The van der Waals surface area contributed by atoms with Gasteiger partial charge in [-0.1, -0.05) is 48.2 Å². The molecule has 1 fully saturated rings. The molecule has 1 aliphatic rings. The molecule has 0 saturated carbocycles. The van der Waals surface area contributed by atoms with Crippen molar-refractivity contribution in [3.63, 3.8) is 0 Å². The van der Waals surface area contributed by atoms with Crippen molar-refractivity contribution in [2.75, 3.05) is 12.0 Å². The second-order valence-corrected chi connectivity index (χ2v) is 8.46. The van der Waals surface area contributed by atoms with Gasteiger partial charge in [0.1, 0.15) is 29.7 Å². The van der Waals surface area contributed by atoms with Gasteiger partial charge in [-0.05, 0) is 48.5 Å². The summed E-state index contributed by atoms with van der Waals surface area (Å²) in [4.78, 5) is 14.7. The minimum absolute atomic E-state index is 0.0180. The molecule has 0 unspecified atom stereocenters. The second-order valence-electron chi connectivity index (χ2n) is 6.78. The first kappa shape index (κ1) is 22.0. The highest BCUT2D eigenvalue weighted by atomic mass is 32.2. The number of rotatable bonds is 6. The largest absolute Gasteiger partial charge is 0.497 e. The fourth-order valence-electron chi connectivity index (χ4n) is 3.12. The molecule has 0 bridgehead atoms. The lowest BCUT2D eigenvalue weighted by molar-refractivity contribution is -0.113. The van der Waals surface area contributed by atoms with E-state index in [2.05, 4.69) is 0 Å². The molecular formula is C24H17F2NO3S2. The van der Waals surface area contributed by atoms with Gasteiger partial charge < -0.3 is 9.47 Å². The van der Waals surface area contributed by atoms with Crippen LogP contribution in [0.15, 0.2) is 71.6 Å². The van der Waals surface area contributed by atoms with E-state index in [1.54, 1.807) is 48.5 Å². The molecule has 3 aromatic carbocycles. The van der Waals surface area contributed by atoms with Gasteiger partial charge in [0, 0.05) is 11.1 Å². The van der Waals surface area contributed by atoms with E-state index >= 15 is 0 Å². The second kappa shape index (κ2) is 9.50. The topological polar surface area (TPSA) is 38.8 Å². The lowest BCUT2D eigenvalue weighted by atomic mass is 10.1. The number of ether oxygens (including phenoxy) is 2. The Labute approximate surface area is 193 Å². The van der Waals surface area contributed by atoms with Crippen LogP contribution in [0.4, 0.5) is 14.5 Å². The molecule has 1 aliphatic heterocycles. The Morgan fingerprint density at radius 1 is 1.06 bits per heavy atom. The predicted octanol–water partition coefficient (Wildman–Crippen LogP) is 5.96. The van der Waals surface area contributed by atoms with Crippen LogP contribution >= 0.6 is 24.0 Å². The third-order valence-corrected chi connectivity index (χ3v) is 6.01. The lowest BCUT2D eigenvalue weighted by Gasteiger charge is -2.14. The summed E-state index contributed by atoms with van der Waals surface area (Å²) in [6, 6.07) is 17.2. The van der Waals surface area contributed by atoms with Gasteiger partial charge in [-0.3, -0.25) is 9.69 Å². The van der Waals surface area contributed by atoms with E-state index in [1.807, 2.05) is 0 Å². The molecule has 0 aliphatic carbocycles. The van der Waals surface area contributed by atoms with E-state index in [0.29, 0.717) is 37.5 Å². The fraction of sp³-hybridized carbons (Fsp3) is 0.0833. The van der Waals surface area contributed by atoms with Crippen LogP contribution in [0.2, 0.25) is 0 Å². The molecule has 1 saturated heterocycles. The van der Waals surface area contributed by atoms with Gasteiger partial charge in [0.15, 0.2) is 4.32 Å². The molecule has 32 heavy (non-hydrogen) atoms. The maximum Gasteiger partial charge on any atom is 0.270 e. The first-order valence-electron chi connectivity index (χ1n) is 9.54. The molecule has 0 spiro atoms. The Morgan fingerprint density at radius 2 is 1.88 bits per heavy atom. The smallest absolute Gasteiger partial charge is 0.270 e. The molecule has 0 N–H and O–H groups in total. The molecular weight excluding hydrogens is 452 g/mol. The summed E-state index contributed by atoms with van der Waals surface area (Å²) in [5.41, 5.74) is 1.34. The number of thiocarbonyl (C=S) groups is 1. The number of hydrogen-bond donors (Lipinski definition) is 0. The van der Waals surface area contributed by atoms with Crippen LogP contribution < -0.4 is 14.4 Å². The summed E-state index contributed by atoms with van der Waals surface area (Å²) >= 11 is 6.46. The van der Waals surface area contributed by atoms with Crippen LogP contribution in [0.3, 0.4) is 0 Å². The summed E-state index contributed by atoms with van der Waals surface area (Å²) in [6.45, 7) is 0.0180. The number of thioether (sulfide) groups is 1. The molecule has 8 heteroatoms. The zero-order valence-electron chi connectivity index (χ0n) is 16.9. The maximum absolute atomic E-state index is 14.0. The van der Waals surface area contributed by atoms with Crippen molar-refractivity contribution in [2.24, 2.45) is 0 Å². The van der Waals surface area contributed by atoms with E-state index in [4.69, 9.17) is 21.7 Å². The van der Waals surface area contributed by atoms with Gasteiger partial charge in [0.25, 0.3) is 5.91 Å². The summed E-state index contributed by atoms with van der Waals surface area (Å²) in [7, 11) is 1.53. The fourth-order valence-corrected chi connectivity index (χ4v) is 4.41. The molecule has 1 heterocycles. The predicted molar refractivity (Wildman–Crippen MR) is 126 cm³/mol. The number of benzene rings is 3. The highest BCUT2D eigenvalue weighted by Crippen LogP contribution is 2.38. The van der Waals surface area contributed by atoms with E-state index < -0.39 is 5.82 Å². The maximum atomic E-state index is 14.0. The van der Waals surface area contributed by atoms with Crippen molar-refractivity contribution in [1.82, 2.24) is 0 Å². The van der Waals surface area contributed by atoms with Crippen LogP contribution in [0.1, 0.15) is 11.1 Å².